The fourth-order valence-corrected chi connectivity index (χ4v) is 4.46. The first kappa shape index (κ1) is 22.4. The second-order valence-corrected chi connectivity index (χ2v) is 8.88. The third-order valence-electron chi connectivity index (χ3n) is 5.51. The van der Waals surface area contributed by atoms with Crippen LogP contribution in [-0.2, 0) is 11.3 Å². The van der Waals surface area contributed by atoms with Crippen LogP contribution in [0.15, 0.2) is 36.0 Å². The molecule has 2 aromatic rings. The van der Waals surface area contributed by atoms with Crippen molar-refractivity contribution in [1.29, 1.82) is 0 Å². The number of thioether (sulfide) groups is 1. The SMILES string of the molecule is C=CCn1c(SCC(=O)NC2CCCCC2)nnc1C(C)Oc1ccc(C)c(C)c1. The standard InChI is InChI=1S/C23H32N4O2S/c1-5-13-27-22(18(4)29-20-12-11-16(2)17(3)14-20)25-26-23(27)30-15-21(28)24-19-9-7-6-8-10-19/h5,11-12,14,18-19H,1,6-10,13,15H2,2-4H3,(H,24,28). The van der Waals surface area contributed by atoms with Gasteiger partial charge >= 0.3 is 0 Å². The molecule has 0 radical (unpaired) electrons. The van der Waals surface area contributed by atoms with Gasteiger partial charge in [0, 0.05) is 12.6 Å². The number of carbonyl (C=O) groups excluding carboxylic acids is 1. The van der Waals surface area contributed by atoms with Gasteiger partial charge < -0.3 is 10.1 Å². The van der Waals surface area contributed by atoms with E-state index in [1.807, 2.05) is 29.7 Å². The molecule has 0 aliphatic heterocycles. The van der Waals surface area contributed by atoms with Gasteiger partial charge in [0.2, 0.25) is 5.91 Å². The highest BCUT2D eigenvalue weighted by Crippen LogP contribution is 2.26. The highest BCUT2D eigenvalue weighted by Gasteiger charge is 2.21. The molecule has 1 amide bonds. The third kappa shape index (κ3) is 5.88. The summed E-state index contributed by atoms with van der Waals surface area (Å²) in [5, 5.41) is 12.5. The smallest absolute Gasteiger partial charge is 0.230 e. The Labute approximate surface area is 183 Å². The number of hydrogen-bond acceptors (Lipinski definition) is 5. The lowest BCUT2D eigenvalue weighted by Crippen LogP contribution is -2.37. The zero-order chi connectivity index (χ0) is 21.5. The Morgan fingerprint density at radius 3 is 2.77 bits per heavy atom. The maximum absolute atomic E-state index is 12.4. The first-order valence-electron chi connectivity index (χ1n) is 10.7. The molecule has 1 saturated carbocycles. The Hall–Kier alpha value is -2.28. The van der Waals surface area contributed by atoms with Crippen LogP contribution in [0.1, 0.15) is 62.1 Å². The van der Waals surface area contributed by atoms with Gasteiger partial charge in [0.15, 0.2) is 17.1 Å². The van der Waals surface area contributed by atoms with Crippen LogP contribution in [0.25, 0.3) is 0 Å². The molecule has 1 aromatic heterocycles. The Balaban J connectivity index is 1.63. The topological polar surface area (TPSA) is 69.0 Å². The number of ether oxygens (including phenoxy) is 1. The number of aromatic nitrogens is 3. The predicted octanol–water partition coefficient (Wildman–Crippen LogP) is 4.76. The monoisotopic (exact) mass is 428 g/mol. The van der Waals surface area contributed by atoms with Crippen LogP contribution >= 0.6 is 11.8 Å². The number of benzene rings is 1. The van der Waals surface area contributed by atoms with E-state index in [2.05, 4.69) is 42.0 Å². The predicted molar refractivity (Wildman–Crippen MR) is 121 cm³/mol. The van der Waals surface area contributed by atoms with E-state index in [9.17, 15) is 4.79 Å². The van der Waals surface area contributed by atoms with Crippen molar-refractivity contribution in [3.05, 3.63) is 47.8 Å². The lowest BCUT2D eigenvalue weighted by Gasteiger charge is -2.22. The van der Waals surface area contributed by atoms with Gasteiger partial charge in [-0.05, 0) is 56.9 Å². The molecule has 1 unspecified atom stereocenters. The molecule has 1 aliphatic rings. The second kappa shape index (κ2) is 10.7. The van der Waals surface area contributed by atoms with Gasteiger partial charge in [-0.2, -0.15) is 0 Å². The van der Waals surface area contributed by atoms with E-state index in [1.54, 1.807) is 0 Å². The highest BCUT2D eigenvalue weighted by atomic mass is 32.2. The molecule has 1 fully saturated rings. The summed E-state index contributed by atoms with van der Waals surface area (Å²) in [7, 11) is 0. The number of allylic oxidation sites excluding steroid dienone is 1. The number of nitrogens with zero attached hydrogens (tertiary/aromatic N) is 3. The minimum absolute atomic E-state index is 0.0565. The van der Waals surface area contributed by atoms with E-state index in [4.69, 9.17) is 4.74 Å². The molecule has 1 N–H and O–H groups in total. The Morgan fingerprint density at radius 1 is 1.30 bits per heavy atom. The summed E-state index contributed by atoms with van der Waals surface area (Å²) in [4.78, 5) is 12.4. The Kier molecular flexibility index (Phi) is 7.96. The van der Waals surface area contributed by atoms with E-state index < -0.39 is 0 Å². The highest BCUT2D eigenvalue weighted by molar-refractivity contribution is 7.99. The molecule has 0 bridgehead atoms. The molecule has 1 atom stereocenters. The zero-order valence-corrected chi connectivity index (χ0v) is 19.0. The van der Waals surface area contributed by atoms with E-state index in [-0.39, 0.29) is 12.0 Å². The van der Waals surface area contributed by atoms with Crippen molar-refractivity contribution in [3.8, 4) is 5.75 Å². The molecule has 7 heteroatoms. The number of carbonyl (C=O) groups is 1. The second-order valence-electron chi connectivity index (χ2n) is 7.94. The number of nitrogens with one attached hydrogen (secondary N) is 1. The van der Waals surface area contributed by atoms with Crippen LogP contribution in [-0.4, -0.2) is 32.5 Å². The molecule has 1 aliphatic carbocycles. The molecular formula is C23H32N4O2S. The van der Waals surface area contributed by atoms with Crippen molar-refractivity contribution in [2.45, 2.75) is 76.7 Å². The number of hydrogen-bond donors (Lipinski definition) is 1. The summed E-state index contributed by atoms with van der Waals surface area (Å²) in [6, 6.07) is 6.38. The van der Waals surface area contributed by atoms with Gasteiger partial charge in [0.05, 0.1) is 5.75 Å². The molecule has 0 spiro atoms. The summed E-state index contributed by atoms with van der Waals surface area (Å²) in [5.74, 6) is 1.92. The first-order chi connectivity index (χ1) is 14.5. The number of aryl methyl sites for hydroxylation is 2. The van der Waals surface area contributed by atoms with Crippen molar-refractivity contribution in [2.24, 2.45) is 0 Å². The van der Waals surface area contributed by atoms with Crippen LogP contribution in [0, 0.1) is 13.8 Å². The fraction of sp³-hybridized carbons (Fsp3) is 0.522. The molecule has 6 nitrogen and oxygen atoms in total. The van der Waals surface area contributed by atoms with Gasteiger partial charge in [-0.3, -0.25) is 9.36 Å². The summed E-state index contributed by atoms with van der Waals surface area (Å²) in [5.41, 5.74) is 2.42. The molecule has 162 valence electrons. The maximum Gasteiger partial charge on any atom is 0.230 e. The van der Waals surface area contributed by atoms with Crippen molar-refractivity contribution < 1.29 is 9.53 Å². The molecule has 1 heterocycles. The van der Waals surface area contributed by atoms with Gasteiger partial charge in [0.25, 0.3) is 0 Å². The lowest BCUT2D eigenvalue weighted by atomic mass is 9.95. The minimum atomic E-state index is -0.273. The molecular weight excluding hydrogens is 396 g/mol. The van der Waals surface area contributed by atoms with Crippen LogP contribution < -0.4 is 10.1 Å². The zero-order valence-electron chi connectivity index (χ0n) is 18.2. The van der Waals surface area contributed by atoms with Gasteiger partial charge in [-0.15, -0.1) is 16.8 Å². The third-order valence-corrected chi connectivity index (χ3v) is 6.48. The molecule has 1 aromatic carbocycles. The van der Waals surface area contributed by atoms with E-state index in [0.29, 0.717) is 23.5 Å². The lowest BCUT2D eigenvalue weighted by molar-refractivity contribution is -0.119. The first-order valence-corrected chi connectivity index (χ1v) is 11.7. The number of rotatable bonds is 9. The fourth-order valence-electron chi connectivity index (χ4n) is 3.70. The summed E-state index contributed by atoms with van der Waals surface area (Å²) in [6.45, 7) is 10.5. The van der Waals surface area contributed by atoms with Crippen LogP contribution in [0.2, 0.25) is 0 Å². The largest absolute Gasteiger partial charge is 0.483 e. The quantitative estimate of drug-likeness (QED) is 0.461. The van der Waals surface area contributed by atoms with Crippen LogP contribution in [0.4, 0.5) is 0 Å². The normalized spacial score (nSPS) is 15.6. The van der Waals surface area contributed by atoms with Gasteiger partial charge in [0.1, 0.15) is 5.75 Å². The minimum Gasteiger partial charge on any atom is -0.483 e. The van der Waals surface area contributed by atoms with Crippen molar-refractivity contribution >= 4 is 17.7 Å². The average molecular weight is 429 g/mol. The average Bonchev–Trinajstić information content (AvgIpc) is 3.13. The number of amides is 1. The van der Waals surface area contributed by atoms with E-state index in [1.165, 1.54) is 42.2 Å². The van der Waals surface area contributed by atoms with Crippen LogP contribution in [0.3, 0.4) is 0 Å². The molecule has 0 saturated heterocycles. The van der Waals surface area contributed by atoms with Crippen molar-refractivity contribution in [3.63, 3.8) is 0 Å². The Bertz CT molecular complexity index is 874. The van der Waals surface area contributed by atoms with Gasteiger partial charge in [-0.25, -0.2) is 0 Å². The summed E-state index contributed by atoms with van der Waals surface area (Å²) >= 11 is 1.41. The summed E-state index contributed by atoms with van der Waals surface area (Å²) < 4.78 is 8.09. The van der Waals surface area contributed by atoms with Crippen molar-refractivity contribution in [2.75, 3.05) is 5.75 Å². The Morgan fingerprint density at radius 2 is 2.07 bits per heavy atom. The molecule has 3 rings (SSSR count). The summed E-state index contributed by atoms with van der Waals surface area (Å²) in [6.07, 6.45) is 7.38. The maximum atomic E-state index is 12.4. The van der Waals surface area contributed by atoms with E-state index in [0.717, 1.165) is 24.4 Å². The van der Waals surface area contributed by atoms with Crippen LogP contribution in [0.5, 0.6) is 5.75 Å². The molecule has 30 heavy (non-hydrogen) atoms. The van der Waals surface area contributed by atoms with Crippen molar-refractivity contribution in [1.82, 2.24) is 20.1 Å². The van der Waals surface area contributed by atoms with Gasteiger partial charge in [-0.1, -0.05) is 43.2 Å². The van der Waals surface area contributed by atoms with E-state index >= 15 is 0 Å².